The predicted octanol–water partition coefficient (Wildman–Crippen LogP) is 3.66. The maximum absolute atomic E-state index is 6.16. The highest BCUT2D eigenvalue weighted by Gasteiger charge is 2.60. The molecule has 2 nitrogen and oxygen atoms in total. The van der Waals surface area contributed by atoms with Crippen molar-refractivity contribution >= 4 is 7.12 Å². The molecule has 0 N–H and O–H groups in total. The van der Waals surface area contributed by atoms with Gasteiger partial charge in [0, 0.05) is 0 Å². The van der Waals surface area contributed by atoms with Gasteiger partial charge in [0.05, 0.1) is 11.2 Å². The molecule has 0 radical (unpaired) electrons. The minimum atomic E-state index is -0.152. The van der Waals surface area contributed by atoms with Gasteiger partial charge in [0.2, 0.25) is 0 Å². The van der Waals surface area contributed by atoms with Crippen molar-refractivity contribution in [2.75, 3.05) is 0 Å². The van der Waals surface area contributed by atoms with Gasteiger partial charge in [0.1, 0.15) is 0 Å². The molecule has 2 unspecified atom stereocenters. The molecule has 0 aromatic carbocycles. The van der Waals surface area contributed by atoms with E-state index in [1.165, 1.54) is 32.1 Å². The average Bonchev–Trinajstić information content (AvgIpc) is 2.75. The Bertz CT molecular complexity index is 291. The smallest absolute Gasteiger partial charge is 0.403 e. The Hall–Kier alpha value is -0.0151. The SMILES string of the molecule is CC1(C)OB(C2CC2C2CCCC2)OC1(C)C. The molecular formula is C14H25BO2. The van der Waals surface area contributed by atoms with Crippen LogP contribution in [0, 0.1) is 11.8 Å². The van der Waals surface area contributed by atoms with Crippen LogP contribution in [0.4, 0.5) is 0 Å². The Morgan fingerprint density at radius 1 is 0.941 bits per heavy atom. The summed E-state index contributed by atoms with van der Waals surface area (Å²) >= 11 is 0. The molecule has 17 heavy (non-hydrogen) atoms. The molecule has 3 rings (SSSR count). The summed E-state index contributed by atoms with van der Waals surface area (Å²) in [7, 11) is 0.0607. The van der Waals surface area contributed by atoms with Crippen molar-refractivity contribution in [3.05, 3.63) is 0 Å². The van der Waals surface area contributed by atoms with E-state index in [2.05, 4.69) is 27.7 Å². The third kappa shape index (κ3) is 1.96. The first-order valence-corrected chi connectivity index (χ1v) is 7.26. The normalized spacial score (nSPS) is 39.9. The molecule has 0 amide bonds. The van der Waals surface area contributed by atoms with Crippen molar-refractivity contribution < 1.29 is 9.31 Å². The lowest BCUT2D eigenvalue weighted by Crippen LogP contribution is -2.41. The molecule has 3 aliphatic rings. The van der Waals surface area contributed by atoms with Gasteiger partial charge < -0.3 is 9.31 Å². The second kappa shape index (κ2) is 3.74. The monoisotopic (exact) mass is 236 g/mol. The maximum atomic E-state index is 6.16. The molecule has 2 aliphatic carbocycles. The van der Waals surface area contributed by atoms with E-state index in [9.17, 15) is 0 Å². The lowest BCUT2D eigenvalue weighted by atomic mass is 9.78. The van der Waals surface area contributed by atoms with E-state index in [-0.39, 0.29) is 18.3 Å². The van der Waals surface area contributed by atoms with Crippen LogP contribution in [0.15, 0.2) is 0 Å². The summed E-state index contributed by atoms with van der Waals surface area (Å²) < 4.78 is 12.3. The molecule has 3 fully saturated rings. The Morgan fingerprint density at radius 3 is 2.00 bits per heavy atom. The topological polar surface area (TPSA) is 18.5 Å². The summed E-state index contributed by atoms with van der Waals surface area (Å²) in [6.07, 6.45) is 7.11. The Labute approximate surface area is 106 Å². The highest BCUT2D eigenvalue weighted by molar-refractivity contribution is 6.48. The summed E-state index contributed by atoms with van der Waals surface area (Å²) in [6, 6.07) is 0. The van der Waals surface area contributed by atoms with Crippen molar-refractivity contribution in [3.8, 4) is 0 Å². The summed E-state index contributed by atoms with van der Waals surface area (Å²) in [5.74, 6) is 2.55. The van der Waals surface area contributed by atoms with Crippen LogP contribution in [0.25, 0.3) is 0 Å². The second-order valence-electron chi connectivity index (χ2n) is 7.23. The fourth-order valence-electron chi connectivity index (χ4n) is 3.54. The third-order valence-electron chi connectivity index (χ3n) is 5.52. The van der Waals surface area contributed by atoms with E-state index in [1.807, 2.05) is 0 Å². The van der Waals surface area contributed by atoms with Crippen molar-refractivity contribution in [2.24, 2.45) is 11.8 Å². The molecule has 2 saturated carbocycles. The number of hydrogen-bond donors (Lipinski definition) is 0. The van der Waals surface area contributed by atoms with E-state index < -0.39 is 0 Å². The first-order chi connectivity index (χ1) is 7.91. The lowest BCUT2D eigenvalue weighted by molar-refractivity contribution is 0.00578. The second-order valence-corrected chi connectivity index (χ2v) is 7.23. The average molecular weight is 236 g/mol. The van der Waals surface area contributed by atoms with Crippen molar-refractivity contribution in [1.82, 2.24) is 0 Å². The minimum Gasteiger partial charge on any atom is -0.403 e. The van der Waals surface area contributed by atoms with Crippen LogP contribution in [0.3, 0.4) is 0 Å². The van der Waals surface area contributed by atoms with Crippen molar-refractivity contribution in [1.29, 1.82) is 0 Å². The molecule has 0 aromatic heterocycles. The number of hydrogen-bond acceptors (Lipinski definition) is 2. The zero-order chi connectivity index (χ0) is 12.3. The van der Waals surface area contributed by atoms with Crippen molar-refractivity contribution in [3.63, 3.8) is 0 Å². The standard InChI is InChI=1S/C14H25BO2/c1-13(2)14(3,4)17-15(16-13)12-9-11(12)10-7-5-6-8-10/h10-12H,5-9H2,1-4H3. The van der Waals surface area contributed by atoms with Gasteiger partial charge >= 0.3 is 7.12 Å². The van der Waals surface area contributed by atoms with Crippen LogP contribution < -0.4 is 0 Å². The molecule has 3 heteroatoms. The fourth-order valence-corrected chi connectivity index (χ4v) is 3.54. The molecule has 2 atom stereocenters. The van der Waals surface area contributed by atoms with Gasteiger partial charge in [-0.1, -0.05) is 25.7 Å². The highest BCUT2D eigenvalue weighted by atomic mass is 16.7. The van der Waals surface area contributed by atoms with E-state index in [0.717, 1.165) is 11.8 Å². The molecule has 1 heterocycles. The molecule has 1 aliphatic heterocycles. The fraction of sp³-hybridized carbons (Fsp3) is 1.00. The molecule has 1 saturated heterocycles. The zero-order valence-corrected chi connectivity index (χ0v) is 11.7. The number of rotatable bonds is 2. The molecular weight excluding hydrogens is 211 g/mol. The molecule has 0 bridgehead atoms. The van der Waals surface area contributed by atoms with Crippen LogP contribution >= 0.6 is 0 Å². The van der Waals surface area contributed by atoms with Gasteiger partial charge in [-0.15, -0.1) is 0 Å². The van der Waals surface area contributed by atoms with Crippen LogP contribution in [0.1, 0.15) is 59.8 Å². The van der Waals surface area contributed by atoms with E-state index in [1.54, 1.807) is 0 Å². The maximum Gasteiger partial charge on any atom is 0.461 e. The van der Waals surface area contributed by atoms with E-state index >= 15 is 0 Å². The van der Waals surface area contributed by atoms with Gasteiger partial charge in [-0.3, -0.25) is 0 Å². The van der Waals surface area contributed by atoms with Gasteiger partial charge in [-0.05, 0) is 51.8 Å². The van der Waals surface area contributed by atoms with E-state index in [0.29, 0.717) is 5.82 Å². The Balaban J connectivity index is 1.61. The molecule has 0 aromatic rings. The van der Waals surface area contributed by atoms with Crippen LogP contribution in [0.5, 0.6) is 0 Å². The van der Waals surface area contributed by atoms with Gasteiger partial charge in [-0.2, -0.15) is 0 Å². The largest absolute Gasteiger partial charge is 0.461 e. The first-order valence-electron chi connectivity index (χ1n) is 7.26. The third-order valence-corrected chi connectivity index (χ3v) is 5.52. The summed E-state index contributed by atoms with van der Waals surface area (Å²) in [5.41, 5.74) is -0.305. The van der Waals surface area contributed by atoms with Gasteiger partial charge in [-0.25, -0.2) is 0 Å². The molecule has 0 spiro atoms. The lowest BCUT2D eigenvalue weighted by Gasteiger charge is -2.32. The summed E-state index contributed by atoms with van der Waals surface area (Å²) in [4.78, 5) is 0. The summed E-state index contributed by atoms with van der Waals surface area (Å²) in [5, 5.41) is 0. The van der Waals surface area contributed by atoms with Crippen LogP contribution in [-0.4, -0.2) is 18.3 Å². The Morgan fingerprint density at radius 2 is 1.47 bits per heavy atom. The first kappa shape index (κ1) is 12.0. The van der Waals surface area contributed by atoms with Crippen LogP contribution in [-0.2, 0) is 9.31 Å². The van der Waals surface area contributed by atoms with Gasteiger partial charge in [0.15, 0.2) is 0 Å². The van der Waals surface area contributed by atoms with Gasteiger partial charge in [0.25, 0.3) is 0 Å². The van der Waals surface area contributed by atoms with Crippen molar-refractivity contribution in [2.45, 2.75) is 76.8 Å². The predicted molar refractivity (Wildman–Crippen MR) is 69.9 cm³/mol. The van der Waals surface area contributed by atoms with Crippen LogP contribution in [0.2, 0.25) is 5.82 Å². The Kier molecular flexibility index (Phi) is 2.65. The van der Waals surface area contributed by atoms with E-state index in [4.69, 9.17) is 9.31 Å². The quantitative estimate of drug-likeness (QED) is 0.681. The molecule has 96 valence electrons. The minimum absolute atomic E-state index is 0.0607. The summed E-state index contributed by atoms with van der Waals surface area (Å²) in [6.45, 7) is 8.61. The zero-order valence-electron chi connectivity index (χ0n) is 11.7. The highest BCUT2D eigenvalue weighted by Crippen LogP contribution is 2.58.